The maximum Gasteiger partial charge on any atom is 0.239 e. The molecule has 0 bridgehead atoms. The average molecular weight is 245 g/mol. The third-order valence-electron chi connectivity index (χ3n) is 3.08. The number of nitrogens with two attached hydrogens (primary N) is 1. The van der Waals surface area contributed by atoms with E-state index in [4.69, 9.17) is 5.73 Å². The minimum atomic E-state index is -0.305. The highest BCUT2D eigenvalue weighted by atomic mass is 32.2. The lowest BCUT2D eigenvalue weighted by Gasteiger charge is -2.35. The van der Waals surface area contributed by atoms with Gasteiger partial charge < -0.3 is 15.5 Å². The molecule has 1 aliphatic rings. The zero-order valence-corrected chi connectivity index (χ0v) is 11.1. The number of amides is 1. The highest BCUT2D eigenvalue weighted by Crippen LogP contribution is 2.06. The average Bonchev–Trinajstić information content (AvgIpc) is 2.35. The van der Waals surface area contributed by atoms with Crippen molar-refractivity contribution in [2.75, 3.05) is 44.7 Å². The molecular formula is C11H23N3OS. The normalized spacial score (nSPS) is 19.8. The molecule has 1 rings (SSSR count). The maximum atomic E-state index is 12.0. The molecule has 0 saturated carbocycles. The summed E-state index contributed by atoms with van der Waals surface area (Å²) in [5.74, 6) is 1.09. The second-order valence-electron chi connectivity index (χ2n) is 4.15. The van der Waals surface area contributed by atoms with Crippen LogP contribution in [0.1, 0.15) is 13.3 Å². The first-order chi connectivity index (χ1) is 7.69. The quantitative estimate of drug-likeness (QED) is 0.753. The Balaban J connectivity index is 2.32. The molecule has 0 spiro atoms. The van der Waals surface area contributed by atoms with Crippen LogP contribution in [0.4, 0.5) is 0 Å². The number of hydrogen-bond acceptors (Lipinski definition) is 4. The predicted octanol–water partition coefficient (Wildman–Crippen LogP) is 0.231. The summed E-state index contributed by atoms with van der Waals surface area (Å²) >= 11 is 1.74. The molecule has 0 unspecified atom stereocenters. The summed E-state index contributed by atoms with van der Waals surface area (Å²) in [7, 11) is 0. The van der Waals surface area contributed by atoms with Crippen LogP contribution in [0, 0.1) is 0 Å². The number of thioether (sulfide) groups is 1. The van der Waals surface area contributed by atoms with E-state index in [-0.39, 0.29) is 11.9 Å². The van der Waals surface area contributed by atoms with E-state index in [0.29, 0.717) is 0 Å². The molecule has 1 amide bonds. The fourth-order valence-electron chi connectivity index (χ4n) is 1.89. The number of nitrogens with zero attached hydrogens (tertiary/aromatic N) is 2. The van der Waals surface area contributed by atoms with E-state index >= 15 is 0 Å². The van der Waals surface area contributed by atoms with Crippen molar-refractivity contribution in [1.82, 2.24) is 9.80 Å². The Kier molecular flexibility index (Phi) is 6.16. The fourth-order valence-corrected chi connectivity index (χ4v) is 2.38. The highest BCUT2D eigenvalue weighted by Gasteiger charge is 2.24. The van der Waals surface area contributed by atoms with Gasteiger partial charge in [0.25, 0.3) is 0 Å². The summed E-state index contributed by atoms with van der Waals surface area (Å²) < 4.78 is 0. The Morgan fingerprint density at radius 2 is 2.00 bits per heavy atom. The second kappa shape index (κ2) is 7.14. The molecule has 1 aliphatic heterocycles. The van der Waals surface area contributed by atoms with Crippen molar-refractivity contribution < 1.29 is 4.79 Å². The Labute approximate surface area is 103 Å². The molecule has 0 radical (unpaired) electrons. The van der Waals surface area contributed by atoms with Gasteiger partial charge in [0, 0.05) is 26.2 Å². The van der Waals surface area contributed by atoms with Crippen LogP contribution in [0.2, 0.25) is 0 Å². The summed E-state index contributed by atoms with van der Waals surface area (Å²) in [5, 5.41) is 0. The molecule has 1 fully saturated rings. The van der Waals surface area contributed by atoms with Crippen LogP contribution in [0.25, 0.3) is 0 Å². The molecule has 2 N–H and O–H groups in total. The summed E-state index contributed by atoms with van der Waals surface area (Å²) in [6.07, 6.45) is 2.82. The zero-order chi connectivity index (χ0) is 12.0. The molecule has 5 heteroatoms. The smallest absolute Gasteiger partial charge is 0.239 e. The first-order valence-corrected chi connectivity index (χ1v) is 7.34. The lowest BCUT2D eigenvalue weighted by Crippen LogP contribution is -2.53. The van der Waals surface area contributed by atoms with Crippen molar-refractivity contribution in [3.63, 3.8) is 0 Å². The Hall–Kier alpha value is -0.260. The molecule has 1 heterocycles. The second-order valence-corrected chi connectivity index (χ2v) is 5.13. The number of hydrogen-bond donors (Lipinski definition) is 1. The van der Waals surface area contributed by atoms with Crippen LogP contribution in [0.5, 0.6) is 0 Å². The molecule has 4 nitrogen and oxygen atoms in total. The predicted molar refractivity (Wildman–Crippen MR) is 69.7 cm³/mol. The standard InChI is InChI=1S/C11H23N3OS/c1-3-13-5-7-14(8-6-13)11(15)10(12)4-9-16-2/h10H,3-9,12H2,1-2H3/t10-/m0/s1. The summed E-state index contributed by atoms with van der Waals surface area (Å²) in [6.45, 7) is 6.86. The van der Waals surface area contributed by atoms with Gasteiger partial charge in [-0.05, 0) is 25.0 Å². The minimum Gasteiger partial charge on any atom is -0.339 e. The lowest BCUT2D eigenvalue weighted by molar-refractivity contribution is -0.134. The summed E-state index contributed by atoms with van der Waals surface area (Å²) in [5.41, 5.74) is 5.88. The van der Waals surface area contributed by atoms with E-state index < -0.39 is 0 Å². The Morgan fingerprint density at radius 1 is 1.38 bits per heavy atom. The molecule has 0 aromatic rings. The first kappa shape index (κ1) is 13.8. The third-order valence-corrected chi connectivity index (χ3v) is 3.73. The molecule has 0 aromatic heterocycles. The van der Waals surface area contributed by atoms with E-state index in [1.165, 1.54) is 0 Å². The summed E-state index contributed by atoms with van der Waals surface area (Å²) in [6, 6.07) is -0.305. The summed E-state index contributed by atoms with van der Waals surface area (Å²) in [4.78, 5) is 16.2. The van der Waals surface area contributed by atoms with E-state index in [1.807, 2.05) is 11.2 Å². The van der Waals surface area contributed by atoms with E-state index in [2.05, 4.69) is 11.8 Å². The number of likely N-dealkylation sites (N-methyl/N-ethyl adjacent to an activating group) is 1. The van der Waals surface area contributed by atoms with Gasteiger partial charge in [-0.1, -0.05) is 6.92 Å². The molecule has 16 heavy (non-hydrogen) atoms. The topological polar surface area (TPSA) is 49.6 Å². The van der Waals surface area contributed by atoms with Crippen molar-refractivity contribution in [2.24, 2.45) is 5.73 Å². The highest BCUT2D eigenvalue weighted by molar-refractivity contribution is 7.98. The molecular weight excluding hydrogens is 222 g/mol. The Bertz CT molecular complexity index is 217. The van der Waals surface area contributed by atoms with Gasteiger partial charge in [0.05, 0.1) is 6.04 Å². The van der Waals surface area contributed by atoms with Crippen molar-refractivity contribution in [3.8, 4) is 0 Å². The van der Waals surface area contributed by atoms with Gasteiger partial charge in [0.1, 0.15) is 0 Å². The lowest BCUT2D eigenvalue weighted by atomic mass is 10.2. The SMILES string of the molecule is CCN1CCN(C(=O)[C@@H](N)CCSC)CC1. The number of piperazine rings is 1. The van der Waals surface area contributed by atoms with Gasteiger partial charge in [-0.15, -0.1) is 0 Å². The van der Waals surface area contributed by atoms with Crippen molar-refractivity contribution in [2.45, 2.75) is 19.4 Å². The van der Waals surface area contributed by atoms with Gasteiger partial charge in [0.15, 0.2) is 0 Å². The van der Waals surface area contributed by atoms with Gasteiger partial charge in [0.2, 0.25) is 5.91 Å². The van der Waals surface area contributed by atoms with E-state index in [9.17, 15) is 4.79 Å². The Morgan fingerprint density at radius 3 is 2.50 bits per heavy atom. The van der Waals surface area contributed by atoms with Gasteiger partial charge >= 0.3 is 0 Å². The largest absolute Gasteiger partial charge is 0.339 e. The van der Waals surface area contributed by atoms with Crippen molar-refractivity contribution in [1.29, 1.82) is 0 Å². The number of carbonyl (C=O) groups excluding carboxylic acids is 1. The van der Waals surface area contributed by atoms with Crippen LogP contribution in [0.3, 0.4) is 0 Å². The fraction of sp³-hybridized carbons (Fsp3) is 0.909. The van der Waals surface area contributed by atoms with Crippen LogP contribution in [0.15, 0.2) is 0 Å². The van der Waals surface area contributed by atoms with Crippen LogP contribution in [-0.4, -0.2) is 66.5 Å². The van der Waals surface area contributed by atoms with Gasteiger partial charge in [-0.2, -0.15) is 11.8 Å². The molecule has 1 saturated heterocycles. The molecule has 0 aliphatic carbocycles. The van der Waals surface area contributed by atoms with Crippen LogP contribution >= 0.6 is 11.8 Å². The zero-order valence-electron chi connectivity index (χ0n) is 10.3. The van der Waals surface area contributed by atoms with E-state index in [0.717, 1.165) is 44.9 Å². The first-order valence-electron chi connectivity index (χ1n) is 5.94. The third kappa shape index (κ3) is 3.96. The van der Waals surface area contributed by atoms with E-state index in [1.54, 1.807) is 11.8 Å². The molecule has 0 aromatic carbocycles. The minimum absolute atomic E-state index is 0.129. The number of rotatable bonds is 5. The van der Waals surface area contributed by atoms with Crippen molar-refractivity contribution >= 4 is 17.7 Å². The molecule has 94 valence electrons. The van der Waals surface area contributed by atoms with Crippen LogP contribution in [-0.2, 0) is 4.79 Å². The molecule has 1 atom stereocenters. The van der Waals surface area contributed by atoms with Crippen LogP contribution < -0.4 is 5.73 Å². The monoisotopic (exact) mass is 245 g/mol. The van der Waals surface area contributed by atoms with Gasteiger partial charge in [-0.3, -0.25) is 4.79 Å². The maximum absolute atomic E-state index is 12.0. The van der Waals surface area contributed by atoms with Crippen molar-refractivity contribution in [3.05, 3.63) is 0 Å². The van der Waals surface area contributed by atoms with Gasteiger partial charge in [-0.25, -0.2) is 0 Å². The number of carbonyl (C=O) groups is 1.